The van der Waals surface area contributed by atoms with Crippen LogP contribution in [-0.2, 0) is 22.7 Å². The van der Waals surface area contributed by atoms with E-state index in [9.17, 15) is 0 Å². The lowest BCUT2D eigenvalue weighted by atomic mass is 10.1. The van der Waals surface area contributed by atoms with Gasteiger partial charge in [0.15, 0.2) is 0 Å². The Morgan fingerprint density at radius 3 is 1.37 bits per heavy atom. The summed E-state index contributed by atoms with van der Waals surface area (Å²) in [5.74, 6) is 0. The molecule has 2 nitrogen and oxygen atoms in total. The number of hydrogen-bond donors (Lipinski definition) is 0. The van der Waals surface area contributed by atoms with Crippen molar-refractivity contribution in [3.63, 3.8) is 0 Å². The fourth-order valence-corrected chi connectivity index (χ4v) is 2.83. The summed E-state index contributed by atoms with van der Waals surface area (Å²) in [6.45, 7) is 10.2. The van der Waals surface area contributed by atoms with Crippen LogP contribution in [0.2, 0.25) is 0 Å². The molecule has 2 aromatic rings. The fraction of sp³-hybridized carbons (Fsp3) is 0.520. The van der Waals surface area contributed by atoms with Crippen molar-refractivity contribution >= 4 is 0 Å². The summed E-state index contributed by atoms with van der Waals surface area (Å²) in [6.07, 6.45) is 6.53. The monoisotopic (exact) mass is 370 g/mol. The Labute approximate surface area is 166 Å². The highest BCUT2D eigenvalue weighted by Gasteiger charge is 2.04. The molecule has 0 amide bonds. The Balaban J connectivity index is 0.000000271. The predicted octanol–water partition coefficient (Wildman–Crippen LogP) is 7.17. The van der Waals surface area contributed by atoms with Gasteiger partial charge in [0.1, 0.15) is 0 Å². The molecule has 0 spiro atoms. The molecule has 0 heterocycles. The first-order valence-corrected chi connectivity index (χ1v) is 10.5. The number of benzene rings is 2. The van der Waals surface area contributed by atoms with E-state index in [2.05, 4.69) is 64.1 Å². The predicted molar refractivity (Wildman–Crippen MR) is 116 cm³/mol. The molecule has 2 heteroatoms. The van der Waals surface area contributed by atoms with Crippen LogP contribution in [0.15, 0.2) is 60.7 Å². The molecule has 0 aliphatic heterocycles. The minimum Gasteiger partial charge on any atom is -0.374 e. The Hall–Kier alpha value is -1.64. The van der Waals surface area contributed by atoms with E-state index < -0.39 is 0 Å². The Morgan fingerprint density at radius 2 is 1.00 bits per heavy atom. The highest BCUT2D eigenvalue weighted by atomic mass is 16.5. The summed E-state index contributed by atoms with van der Waals surface area (Å²) < 4.78 is 11.5. The Morgan fingerprint density at radius 1 is 0.593 bits per heavy atom. The maximum atomic E-state index is 5.82. The molecule has 0 aliphatic rings. The normalized spacial score (nSPS) is 11.7. The molecule has 1 unspecified atom stereocenters. The first-order valence-electron chi connectivity index (χ1n) is 10.5. The summed E-state index contributed by atoms with van der Waals surface area (Å²) in [5.41, 5.74) is 2.52. The molecule has 2 aromatic carbocycles. The van der Waals surface area contributed by atoms with Gasteiger partial charge in [-0.05, 0) is 36.8 Å². The third-order valence-corrected chi connectivity index (χ3v) is 4.63. The zero-order valence-electron chi connectivity index (χ0n) is 17.7. The highest BCUT2D eigenvalue weighted by Crippen LogP contribution is 2.10. The molecule has 2 rings (SSSR count). The van der Waals surface area contributed by atoms with Crippen molar-refractivity contribution in [2.75, 3.05) is 0 Å². The Bertz CT molecular complexity index is 549. The van der Waals surface area contributed by atoms with Crippen LogP contribution in [0.3, 0.4) is 0 Å². The molecule has 1 atom stereocenters. The lowest BCUT2D eigenvalue weighted by Crippen LogP contribution is -2.10. The van der Waals surface area contributed by atoms with Crippen LogP contribution in [0.25, 0.3) is 0 Å². The second kappa shape index (κ2) is 15.4. The van der Waals surface area contributed by atoms with Gasteiger partial charge in [-0.25, -0.2) is 0 Å². The van der Waals surface area contributed by atoms with Gasteiger partial charge >= 0.3 is 0 Å². The highest BCUT2D eigenvalue weighted by molar-refractivity contribution is 5.14. The zero-order chi connectivity index (χ0) is 19.7. The van der Waals surface area contributed by atoms with Gasteiger partial charge in [0.25, 0.3) is 0 Å². The van der Waals surface area contributed by atoms with Gasteiger partial charge in [0, 0.05) is 0 Å². The van der Waals surface area contributed by atoms with Gasteiger partial charge in [-0.2, -0.15) is 0 Å². The van der Waals surface area contributed by atoms with Crippen molar-refractivity contribution in [2.24, 2.45) is 0 Å². The molecule has 0 aromatic heterocycles. The molecule has 0 saturated carbocycles. The molecule has 150 valence electrons. The summed E-state index contributed by atoms with van der Waals surface area (Å²) in [5, 5.41) is 0. The lowest BCUT2D eigenvalue weighted by molar-refractivity contribution is 0.0322. The molecular formula is C25H38O2. The molecule has 0 aliphatic carbocycles. The van der Waals surface area contributed by atoms with Crippen LogP contribution in [-0.4, -0.2) is 12.2 Å². The van der Waals surface area contributed by atoms with Gasteiger partial charge in [-0.15, -0.1) is 0 Å². The summed E-state index contributed by atoms with van der Waals surface area (Å²) in [6, 6.07) is 20.7. The summed E-state index contributed by atoms with van der Waals surface area (Å²) in [7, 11) is 0. The topological polar surface area (TPSA) is 18.5 Å². The van der Waals surface area contributed by atoms with Gasteiger partial charge in [0.2, 0.25) is 0 Å². The first-order chi connectivity index (χ1) is 13.2. The van der Waals surface area contributed by atoms with Crippen molar-refractivity contribution in [3.8, 4) is 0 Å². The third kappa shape index (κ3) is 10.9. The van der Waals surface area contributed by atoms with Crippen LogP contribution in [0.5, 0.6) is 0 Å². The first kappa shape index (κ1) is 23.4. The second-order valence-corrected chi connectivity index (χ2v) is 6.85. The van der Waals surface area contributed by atoms with Gasteiger partial charge < -0.3 is 9.47 Å². The SMILES string of the molecule is CCC(CC)OCc1ccccc1.CCCC(CC)OCc1ccccc1. The van der Waals surface area contributed by atoms with Gasteiger partial charge in [0.05, 0.1) is 25.4 Å². The molecule has 0 radical (unpaired) electrons. The minimum absolute atomic E-state index is 0.417. The van der Waals surface area contributed by atoms with E-state index in [1.807, 2.05) is 24.3 Å². The van der Waals surface area contributed by atoms with E-state index in [0.717, 1.165) is 32.5 Å². The average molecular weight is 371 g/mol. The van der Waals surface area contributed by atoms with E-state index in [-0.39, 0.29) is 0 Å². The molecule has 0 fully saturated rings. The van der Waals surface area contributed by atoms with Crippen LogP contribution >= 0.6 is 0 Å². The minimum atomic E-state index is 0.417. The third-order valence-electron chi connectivity index (χ3n) is 4.63. The summed E-state index contributed by atoms with van der Waals surface area (Å²) >= 11 is 0. The standard InChI is InChI=1S/C13H20O.C12H18O/c1-3-8-13(4-2)14-11-12-9-6-5-7-10-12;1-3-12(4-2)13-10-11-8-6-5-7-9-11/h5-7,9-10,13H,3-4,8,11H2,1-2H3;5-9,12H,3-4,10H2,1-2H3. The maximum absolute atomic E-state index is 5.82. The largest absolute Gasteiger partial charge is 0.374 e. The van der Waals surface area contributed by atoms with Crippen LogP contribution in [0, 0.1) is 0 Å². The molecule has 0 N–H and O–H groups in total. The molecule has 0 bridgehead atoms. The van der Waals surface area contributed by atoms with E-state index in [1.165, 1.54) is 24.0 Å². The zero-order valence-corrected chi connectivity index (χ0v) is 17.7. The maximum Gasteiger partial charge on any atom is 0.0720 e. The van der Waals surface area contributed by atoms with Crippen molar-refractivity contribution in [3.05, 3.63) is 71.8 Å². The quantitative estimate of drug-likeness (QED) is 0.417. The number of rotatable bonds is 11. The Kier molecular flexibility index (Phi) is 13.4. The molecule has 0 saturated heterocycles. The van der Waals surface area contributed by atoms with Crippen LogP contribution in [0.1, 0.15) is 70.9 Å². The average Bonchev–Trinajstić information content (AvgIpc) is 2.74. The van der Waals surface area contributed by atoms with E-state index in [4.69, 9.17) is 9.47 Å². The lowest BCUT2D eigenvalue weighted by Gasteiger charge is -2.14. The van der Waals surface area contributed by atoms with E-state index >= 15 is 0 Å². The van der Waals surface area contributed by atoms with E-state index in [0.29, 0.717) is 12.2 Å². The van der Waals surface area contributed by atoms with Crippen molar-refractivity contribution in [2.45, 2.75) is 85.2 Å². The van der Waals surface area contributed by atoms with Crippen LogP contribution < -0.4 is 0 Å². The van der Waals surface area contributed by atoms with Gasteiger partial charge in [-0.1, -0.05) is 94.8 Å². The molecule has 27 heavy (non-hydrogen) atoms. The fourth-order valence-electron chi connectivity index (χ4n) is 2.83. The summed E-state index contributed by atoms with van der Waals surface area (Å²) in [4.78, 5) is 0. The van der Waals surface area contributed by atoms with Crippen molar-refractivity contribution < 1.29 is 9.47 Å². The van der Waals surface area contributed by atoms with E-state index in [1.54, 1.807) is 0 Å². The van der Waals surface area contributed by atoms with Crippen molar-refractivity contribution in [1.82, 2.24) is 0 Å². The smallest absolute Gasteiger partial charge is 0.0720 e. The van der Waals surface area contributed by atoms with Gasteiger partial charge in [-0.3, -0.25) is 0 Å². The number of hydrogen-bond acceptors (Lipinski definition) is 2. The number of ether oxygens (including phenoxy) is 2. The van der Waals surface area contributed by atoms with Crippen LogP contribution in [0.4, 0.5) is 0 Å². The van der Waals surface area contributed by atoms with Crippen molar-refractivity contribution in [1.29, 1.82) is 0 Å². The molecular weight excluding hydrogens is 332 g/mol. The second-order valence-electron chi connectivity index (χ2n) is 6.85.